The van der Waals surface area contributed by atoms with E-state index in [1.165, 1.54) is 0 Å². The van der Waals surface area contributed by atoms with Gasteiger partial charge in [-0.1, -0.05) is 36.6 Å². The molecule has 0 aliphatic heterocycles. The van der Waals surface area contributed by atoms with Crippen LogP contribution in [0.4, 0.5) is 0 Å². The molecule has 1 atom stereocenters. The molecule has 2 rings (SSSR count). The average molecular weight is 298 g/mol. The Labute approximate surface area is 124 Å². The van der Waals surface area contributed by atoms with E-state index in [0.717, 1.165) is 25.7 Å². The molecular formula is C15H20ClNO3. The number of hydrogen-bond acceptors (Lipinski definition) is 3. The largest absolute Gasteiger partial charge is 0.479 e. The van der Waals surface area contributed by atoms with Crippen LogP contribution in [0.25, 0.3) is 0 Å². The highest BCUT2D eigenvalue weighted by Crippen LogP contribution is 2.29. The molecule has 1 aromatic carbocycles. The second-order valence-corrected chi connectivity index (χ2v) is 5.73. The molecule has 1 unspecified atom stereocenters. The Morgan fingerprint density at radius 1 is 1.45 bits per heavy atom. The number of halogens is 1. The van der Waals surface area contributed by atoms with E-state index in [-0.39, 0.29) is 12.5 Å². The van der Waals surface area contributed by atoms with E-state index < -0.39 is 11.6 Å². The Morgan fingerprint density at radius 3 is 2.70 bits per heavy atom. The molecule has 0 heterocycles. The first-order chi connectivity index (χ1) is 9.56. The van der Waals surface area contributed by atoms with Gasteiger partial charge in [0.15, 0.2) is 6.10 Å². The highest BCUT2D eigenvalue weighted by Gasteiger charge is 2.36. The lowest BCUT2D eigenvalue weighted by Crippen LogP contribution is -2.52. The maximum atomic E-state index is 12.2. The molecule has 1 aromatic rings. The van der Waals surface area contributed by atoms with Crippen molar-refractivity contribution in [2.75, 3.05) is 6.61 Å². The van der Waals surface area contributed by atoms with Crippen molar-refractivity contribution in [3.63, 3.8) is 0 Å². The normalized spacial score (nSPS) is 18.6. The fourth-order valence-electron chi connectivity index (χ4n) is 2.52. The highest BCUT2D eigenvalue weighted by molar-refractivity contribution is 6.32. The standard InChI is InChI=1S/C15H20ClNO3/c1-11(20-13-7-3-2-6-12(13)16)14(19)17-15(10-18)8-4-5-9-15/h2-3,6-7,11,18H,4-5,8-10H2,1H3,(H,17,19). The fraction of sp³-hybridized carbons (Fsp3) is 0.533. The van der Waals surface area contributed by atoms with Crippen molar-refractivity contribution >= 4 is 17.5 Å². The van der Waals surface area contributed by atoms with E-state index in [1.807, 2.05) is 0 Å². The lowest BCUT2D eigenvalue weighted by molar-refractivity contribution is -0.129. The molecule has 1 aliphatic rings. The Bertz CT molecular complexity index is 472. The van der Waals surface area contributed by atoms with Crippen LogP contribution in [0, 0.1) is 0 Å². The summed E-state index contributed by atoms with van der Waals surface area (Å²) in [6.45, 7) is 1.65. The molecule has 1 fully saturated rings. The van der Waals surface area contributed by atoms with Gasteiger partial charge in [0, 0.05) is 0 Å². The van der Waals surface area contributed by atoms with E-state index in [0.29, 0.717) is 10.8 Å². The SMILES string of the molecule is CC(Oc1ccccc1Cl)C(=O)NC1(CO)CCCC1. The third kappa shape index (κ3) is 3.44. The summed E-state index contributed by atoms with van der Waals surface area (Å²) in [5.41, 5.74) is -0.477. The van der Waals surface area contributed by atoms with Crippen LogP contribution in [0.3, 0.4) is 0 Å². The summed E-state index contributed by atoms with van der Waals surface area (Å²) in [5.74, 6) is 0.266. The maximum absolute atomic E-state index is 12.2. The maximum Gasteiger partial charge on any atom is 0.261 e. The van der Waals surface area contributed by atoms with Gasteiger partial charge in [0.2, 0.25) is 0 Å². The molecule has 1 amide bonds. The Morgan fingerprint density at radius 2 is 2.10 bits per heavy atom. The van der Waals surface area contributed by atoms with Crippen molar-refractivity contribution < 1.29 is 14.6 Å². The van der Waals surface area contributed by atoms with Gasteiger partial charge in [-0.2, -0.15) is 0 Å². The summed E-state index contributed by atoms with van der Waals surface area (Å²) >= 11 is 6.00. The van der Waals surface area contributed by atoms with E-state index in [4.69, 9.17) is 16.3 Å². The number of aliphatic hydroxyl groups excluding tert-OH is 1. The van der Waals surface area contributed by atoms with Crippen molar-refractivity contribution in [3.8, 4) is 5.75 Å². The quantitative estimate of drug-likeness (QED) is 0.878. The summed E-state index contributed by atoms with van der Waals surface area (Å²) in [6, 6.07) is 7.05. The highest BCUT2D eigenvalue weighted by atomic mass is 35.5. The zero-order valence-corrected chi connectivity index (χ0v) is 12.3. The predicted molar refractivity (Wildman–Crippen MR) is 78.0 cm³/mol. The molecule has 0 aromatic heterocycles. The van der Waals surface area contributed by atoms with Gasteiger partial charge in [-0.25, -0.2) is 0 Å². The molecule has 5 heteroatoms. The Hall–Kier alpha value is -1.26. The van der Waals surface area contributed by atoms with E-state index in [1.54, 1.807) is 31.2 Å². The number of aliphatic hydroxyl groups is 1. The molecule has 0 saturated heterocycles. The molecule has 4 nitrogen and oxygen atoms in total. The lowest BCUT2D eigenvalue weighted by Gasteiger charge is -2.29. The number of ether oxygens (including phenoxy) is 1. The monoisotopic (exact) mass is 297 g/mol. The van der Waals surface area contributed by atoms with Gasteiger partial charge in [-0.05, 0) is 31.9 Å². The zero-order valence-electron chi connectivity index (χ0n) is 11.6. The van der Waals surface area contributed by atoms with Crippen LogP contribution in [-0.4, -0.2) is 29.3 Å². The third-order valence-corrected chi connectivity index (χ3v) is 4.07. The first-order valence-electron chi connectivity index (χ1n) is 6.90. The predicted octanol–water partition coefficient (Wildman–Crippen LogP) is 2.53. The van der Waals surface area contributed by atoms with Crippen LogP contribution in [0.5, 0.6) is 5.75 Å². The molecular weight excluding hydrogens is 278 g/mol. The first-order valence-corrected chi connectivity index (χ1v) is 7.28. The van der Waals surface area contributed by atoms with Gasteiger partial charge >= 0.3 is 0 Å². The minimum absolute atomic E-state index is 0.0302. The number of benzene rings is 1. The fourth-order valence-corrected chi connectivity index (χ4v) is 2.70. The number of carbonyl (C=O) groups excluding carboxylic acids is 1. The minimum atomic E-state index is -0.654. The summed E-state index contributed by atoms with van der Waals surface area (Å²) < 4.78 is 5.58. The summed E-state index contributed by atoms with van der Waals surface area (Å²) in [6.07, 6.45) is 3.03. The van der Waals surface area contributed by atoms with Gasteiger partial charge in [-0.3, -0.25) is 4.79 Å². The molecule has 0 spiro atoms. The number of rotatable bonds is 5. The first kappa shape index (κ1) is 15.1. The summed E-state index contributed by atoms with van der Waals surface area (Å²) in [4.78, 5) is 12.2. The molecule has 110 valence electrons. The van der Waals surface area contributed by atoms with Crippen LogP contribution in [0.2, 0.25) is 5.02 Å². The lowest BCUT2D eigenvalue weighted by atomic mass is 9.98. The van der Waals surface area contributed by atoms with Crippen LogP contribution in [0.15, 0.2) is 24.3 Å². The average Bonchev–Trinajstić information content (AvgIpc) is 2.90. The van der Waals surface area contributed by atoms with Crippen molar-refractivity contribution in [2.24, 2.45) is 0 Å². The molecule has 2 N–H and O–H groups in total. The van der Waals surface area contributed by atoms with Gasteiger partial charge in [0.1, 0.15) is 5.75 Å². The van der Waals surface area contributed by atoms with E-state index >= 15 is 0 Å². The van der Waals surface area contributed by atoms with Crippen molar-refractivity contribution in [1.29, 1.82) is 0 Å². The number of carbonyl (C=O) groups is 1. The van der Waals surface area contributed by atoms with Crippen LogP contribution >= 0.6 is 11.6 Å². The number of nitrogens with one attached hydrogen (secondary N) is 1. The van der Waals surface area contributed by atoms with Crippen molar-refractivity contribution in [3.05, 3.63) is 29.3 Å². The molecule has 0 radical (unpaired) electrons. The van der Waals surface area contributed by atoms with Gasteiger partial charge in [0.05, 0.1) is 17.2 Å². The molecule has 1 saturated carbocycles. The van der Waals surface area contributed by atoms with Crippen LogP contribution < -0.4 is 10.1 Å². The second-order valence-electron chi connectivity index (χ2n) is 5.33. The Balaban J connectivity index is 1.97. The van der Waals surface area contributed by atoms with E-state index in [9.17, 15) is 9.90 Å². The molecule has 0 bridgehead atoms. The Kier molecular flexibility index (Phi) is 4.89. The third-order valence-electron chi connectivity index (χ3n) is 3.76. The minimum Gasteiger partial charge on any atom is -0.479 e. The number of para-hydroxylation sites is 1. The second kappa shape index (κ2) is 6.46. The number of amides is 1. The van der Waals surface area contributed by atoms with Gasteiger partial charge < -0.3 is 15.2 Å². The smallest absolute Gasteiger partial charge is 0.261 e. The number of hydrogen-bond donors (Lipinski definition) is 2. The van der Waals surface area contributed by atoms with Crippen LogP contribution in [0.1, 0.15) is 32.6 Å². The van der Waals surface area contributed by atoms with Crippen LogP contribution in [-0.2, 0) is 4.79 Å². The summed E-state index contributed by atoms with van der Waals surface area (Å²) in [5, 5.41) is 12.9. The topological polar surface area (TPSA) is 58.6 Å². The molecule has 20 heavy (non-hydrogen) atoms. The molecule has 1 aliphatic carbocycles. The van der Waals surface area contributed by atoms with Crippen molar-refractivity contribution in [1.82, 2.24) is 5.32 Å². The van der Waals surface area contributed by atoms with Gasteiger partial charge in [0.25, 0.3) is 5.91 Å². The van der Waals surface area contributed by atoms with Crippen molar-refractivity contribution in [2.45, 2.75) is 44.2 Å². The zero-order chi connectivity index (χ0) is 14.6. The van der Waals surface area contributed by atoms with E-state index in [2.05, 4.69) is 5.32 Å². The van der Waals surface area contributed by atoms with Gasteiger partial charge in [-0.15, -0.1) is 0 Å². The summed E-state index contributed by atoms with van der Waals surface area (Å²) in [7, 11) is 0.